The van der Waals surface area contributed by atoms with E-state index in [-0.39, 0.29) is 0 Å². The van der Waals surface area contributed by atoms with Gasteiger partial charge >= 0.3 is 0 Å². The fraction of sp³-hybridized carbons (Fsp3) is 0.273. The van der Waals surface area contributed by atoms with E-state index in [0.717, 1.165) is 16.8 Å². The van der Waals surface area contributed by atoms with Crippen LogP contribution < -0.4 is 5.32 Å². The lowest BCUT2D eigenvalue weighted by Crippen LogP contribution is -2.02. The number of hydrogen-bond donors (Lipinski definition) is 1. The molecule has 0 fully saturated rings. The van der Waals surface area contributed by atoms with Crippen LogP contribution in [0.5, 0.6) is 0 Å². The Morgan fingerprint density at radius 3 is 2.75 bits per heavy atom. The minimum absolute atomic E-state index is 0.744. The number of nitrogens with one attached hydrogen (secondary N) is 1. The number of halogens is 1. The quantitative estimate of drug-likeness (QED) is 0.940. The minimum Gasteiger partial charge on any atom is -0.366 e. The Balaban J connectivity index is 2.02. The summed E-state index contributed by atoms with van der Waals surface area (Å²) in [7, 11) is 1.94. The van der Waals surface area contributed by atoms with Crippen LogP contribution in [0.2, 0.25) is 0 Å². The van der Waals surface area contributed by atoms with Crippen molar-refractivity contribution in [2.45, 2.75) is 13.5 Å². The van der Waals surface area contributed by atoms with E-state index in [1.807, 2.05) is 30.1 Å². The van der Waals surface area contributed by atoms with E-state index in [4.69, 9.17) is 0 Å². The molecule has 0 saturated heterocycles. The normalized spacial score (nSPS) is 10.4. The number of rotatable bonds is 3. The summed E-state index contributed by atoms with van der Waals surface area (Å²) in [6.07, 6.45) is 3.65. The highest BCUT2D eigenvalue weighted by Gasteiger charge is 2.03. The van der Waals surface area contributed by atoms with Gasteiger partial charge in [-0.15, -0.1) is 0 Å². The average Bonchev–Trinajstić information content (AvgIpc) is 2.60. The first kappa shape index (κ1) is 11.1. The van der Waals surface area contributed by atoms with E-state index in [1.54, 1.807) is 6.20 Å². The van der Waals surface area contributed by atoms with E-state index in [1.165, 1.54) is 11.3 Å². The van der Waals surface area contributed by atoms with Gasteiger partial charge in [0.1, 0.15) is 5.82 Å². The SMILES string of the molecule is Cc1c(CNc2ccc(Br)cn2)cnn1C. The van der Waals surface area contributed by atoms with Gasteiger partial charge in [-0.25, -0.2) is 4.98 Å². The van der Waals surface area contributed by atoms with Gasteiger partial charge in [-0.1, -0.05) is 0 Å². The first-order chi connectivity index (χ1) is 7.66. The molecule has 0 unspecified atom stereocenters. The highest BCUT2D eigenvalue weighted by atomic mass is 79.9. The molecule has 84 valence electrons. The maximum Gasteiger partial charge on any atom is 0.126 e. The molecule has 0 amide bonds. The molecule has 2 aromatic rings. The van der Waals surface area contributed by atoms with E-state index in [0.29, 0.717) is 0 Å². The van der Waals surface area contributed by atoms with Crippen LogP contribution in [0.3, 0.4) is 0 Å². The molecular weight excluding hydrogens is 268 g/mol. The molecule has 0 bridgehead atoms. The molecule has 0 aliphatic rings. The van der Waals surface area contributed by atoms with Gasteiger partial charge in [0.25, 0.3) is 0 Å². The van der Waals surface area contributed by atoms with Gasteiger partial charge in [0, 0.05) is 35.5 Å². The van der Waals surface area contributed by atoms with E-state index in [9.17, 15) is 0 Å². The minimum atomic E-state index is 0.744. The molecule has 2 aromatic heterocycles. The molecular formula is C11H13BrN4. The van der Waals surface area contributed by atoms with Gasteiger partial charge in [0.05, 0.1) is 6.20 Å². The second-order valence-corrected chi connectivity index (χ2v) is 4.51. The Kier molecular flexibility index (Phi) is 3.24. The van der Waals surface area contributed by atoms with Crippen LogP contribution in [-0.2, 0) is 13.6 Å². The molecule has 16 heavy (non-hydrogen) atoms. The lowest BCUT2D eigenvalue weighted by atomic mass is 10.2. The summed E-state index contributed by atoms with van der Waals surface area (Å²) in [5.74, 6) is 0.867. The van der Waals surface area contributed by atoms with E-state index >= 15 is 0 Å². The van der Waals surface area contributed by atoms with Crippen LogP contribution in [0.1, 0.15) is 11.3 Å². The maximum absolute atomic E-state index is 4.24. The van der Waals surface area contributed by atoms with Crippen molar-refractivity contribution >= 4 is 21.7 Å². The summed E-state index contributed by atoms with van der Waals surface area (Å²) in [4.78, 5) is 4.24. The molecule has 0 aliphatic carbocycles. The fourth-order valence-corrected chi connectivity index (χ4v) is 1.62. The van der Waals surface area contributed by atoms with Crippen molar-refractivity contribution in [3.8, 4) is 0 Å². The summed E-state index contributed by atoms with van der Waals surface area (Å²) >= 11 is 3.35. The zero-order valence-corrected chi connectivity index (χ0v) is 10.8. The molecule has 2 rings (SSSR count). The van der Waals surface area contributed by atoms with Crippen LogP contribution in [-0.4, -0.2) is 14.8 Å². The molecule has 0 aliphatic heterocycles. The van der Waals surface area contributed by atoms with Gasteiger partial charge in [0.2, 0.25) is 0 Å². The first-order valence-corrected chi connectivity index (χ1v) is 5.79. The first-order valence-electron chi connectivity index (χ1n) is 4.99. The second-order valence-electron chi connectivity index (χ2n) is 3.59. The number of anilines is 1. The number of aromatic nitrogens is 3. The van der Waals surface area contributed by atoms with Crippen molar-refractivity contribution < 1.29 is 0 Å². The van der Waals surface area contributed by atoms with Gasteiger partial charge in [-0.05, 0) is 35.0 Å². The third-order valence-corrected chi connectivity index (χ3v) is 2.99. The van der Waals surface area contributed by atoms with Crippen LogP contribution >= 0.6 is 15.9 Å². The molecule has 0 aromatic carbocycles. The highest BCUT2D eigenvalue weighted by molar-refractivity contribution is 9.10. The third kappa shape index (κ3) is 2.41. The molecule has 0 radical (unpaired) electrons. The second kappa shape index (κ2) is 4.65. The van der Waals surface area contributed by atoms with Crippen molar-refractivity contribution in [1.82, 2.24) is 14.8 Å². The zero-order valence-electron chi connectivity index (χ0n) is 9.24. The zero-order chi connectivity index (χ0) is 11.5. The Hall–Kier alpha value is -1.36. The summed E-state index contributed by atoms with van der Waals surface area (Å²) in [5, 5.41) is 7.45. The van der Waals surface area contributed by atoms with E-state index in [2.05, 4.69) is 38.3 Å². The fourth-order valence-electron chi connectivity index (χ4n) is 1.38. The average molecular weight is 281 g/mol. The Morgan fingerprint density at radius 1 is 1.38 bits per heavy atom. The molecule has 5 heteroatoms. The Morgan fingerprint density at radius 2 is 2.19 bits per heavy atom. The highest BCUT2D eigenvalue weighted by Crippen LogP contribution is 2.12. The van der Waals surface area contributed by atoms with Gasteiger partial charge < -0.3 is 5.32 Å². The van der Waals surface area contributed by atoms with Crippen LogP contribution in [0.15, 0.2) is 29.0 Å². The molecule has 2 heterocycles. The summed E-state index contributed by atoms with van der Waals surface area (Å²) in [5.41, 5.74) is 2.36. The smallest absolute Gasteiger partial charge is 0.126 e. The van der Waals surface area contributed by atoms with Crippen molar-refractivity contribution in [2.24, 2.45) is 7.05 Å². The van der Waals surface area contributed by atoms with Gasteiger partial charge in [-0.3, -0.25) is 4.68 Å². The van der Waals surface area contributed by atoms with Crippen LogP contribution in [0.4, 0.5) is 5.82 Å². The molecule has 4 nitrogen and oxygen atoms in total. The topological polar surface area (TPSA) is 42.7 Å². The Labute approximate surface area is 103 Å². The molecule has 0 atom stereocenters. The van der Waals surface area contributed by atoms with Crippen molar-refractivity contribution in [3.05, 3.63) is 40.3 Å². The summed E-state index contributed by atoms with van der Waals surface area (Å²) in [6, 6.07) is 3.90. The standard InChI is InChI=1S/C11H13BrN4/c1-8-9(6-15-16(8)2)5-13-11-4-3-10(12)7-14-11/h3-4,6-7H,5H2,1-2H3,(H,13,14). The third-order valence-electron chi connectivity index (χ3n) is 2.52. The summed E-state index contributed by atoms with van der Waals surface area (Å²) in [6.45, 7) is 2.80. The maximum atomic E-state index is 4.24. The molecule has 0 saturated carbocycles. The van der Waals surface area contributed by atoms with Crippen molar-refractivity contribution in [1.29, 1.82) is 0 Å². The summed E-state index contributed by atoms with van der Waals surface area (Å²) < 4.78 is 2.85. The number of nitrogens with zero attached hydrogens (tertiary/aromatic N) is 3. The van der Waals surface area contributed by atoms with Crippen molar-refractivity contribution in [2.75, 3.05) is 5.32 Å². The Bertz CT molecular complexity index is 475. The number of hydrogen-bond acceptors (Lipinski definition) is 3. The van der Waals surface area contributed by atoms with E-state index < -0.39 is 0 Å². The predicted molar refractivity (Wildman–Crippen MR) is 67.2 cm³/mol. The monoisotopic (exact) mass is 280 g/mol. The van der Waals surface area contributed by atoms with Gasteiger partial charge in [0.15, 0.2) is 0 Å². The molecule has 1 N–H and O–H groups in total. The predicted octanol–water partition coefficient (Wildman–Crippen LogP) is 2.50. The van der Waals surface area contributed by atoms with Crippen LogP contribution in [0.25, 0.3) is 0 Å². The molecule has 0 spiro atoms. The lowest BCUT2D eigenvalue weighted by Gasteiger charge is -2.04. The largest absolute Gasteiger partial charge is 0.366 e. The lowest BCUT2D eigenvalue weighted by molar-refractivity contribution is 0.738. The number of pyridine rings is 1. The van der Waals surface area contributed by atoms with Crippen molar-refractivity contribution in [3.63, 3.8) is 0 Å². The van der Waals surface area contributed by atoms with Crippen LogP contribution in [0, 0.1) is 6.92 Å². The number of aryl methyl sites for hydroxylation is 1. The van der Waals surface area contributed by atoms with Gasteiger partial charge in [-0.2, -0.15) is 5.10 Å².